The number of halogens is 3. The smallest absolute Gasteiger partial charge is 0.0465 e. The Morgan fingerprint density at radius 3 is 1.91 bits per heavy atom. The van der Waals surface area contributed by atoms with Crippen molar-refractivity contribution in [3.63, 3.8) is 0 Å². The van der Waals surface area contributed by atoms with Gasteiger partial charge in [-0.05, 0) is 82.2 Å². The average Bonchev–Trinajstić information content (AvgIpc) is 2.60. The number of benzene rings is 3. The lowest BCUT2D eigenvalue weighted by molar-refractivity contribution is 1.47. The maximum atomic E-state index is 3.72. The van der Waals surface area contributed by atoms with Crippen LogP contribution in [0.2, 0.25) is 0 Å². The zero-order valence-corrected chi connectivity index (χ0v) is 16.9. The van der Waals surface area contributed by atoms with Crippen molar-refractivity contribution in [2.45, 2.75) is 0 Å². The molecule has 0 spiro atoms. The number of hydrogen-bond acceptors (Lipinski definition) is 0. The Balaban J connectivity index is 2.22. The fourth-order valence-electron chi connectivity index (χ4n) is 2.38. The molecule has 0 saturated carbocycles. The summed E-state index contributed by atoms with van der Waals surface area (Å²) < 4.78 is 3.09. The third kappa shape index (κ3) is 3.85. The van der Waals surface area contributed by atoms with Crippen molar-refractivity contribution in [3.05, 3.63) is 103 Å². The minimum atomic E-state index is 1.02. The van der Waals surface area contributed by atoms with Crippen LogP contribution in [0.25, 0.3) is 11.6 Å². The van der Waals surface area contributed by atoms with Gasteiger partial charge in [0.15, 0.2) is 0 Å². The van der Waals surface area contributed by atoms with E-state index in [1.807, 2.05) is 12.1 Å². The standard InChI is InChI=1S/C20H13Br3/c21-18-12-11-16(19(22)20(18)23)17(15-9-5-2-6-10-15)13-14-7-3-1-4-8-14/h1-13H. The average molecular weight is 493 g/mol. The molecule has 0 nitrogen and oxygen atoms in total. The molecule has 0 fully saturated rings. The van der Waals surface area contributed by atoms with E-state index >= 15 is 0 Å². The Morgan fingerprint density at radius 2 is 1.26 bits per heavy atom. The van der Waals surface area contributed by atoms with E-state index in [0.29, 0.717) is 0 Å². The normalized spacial score (nSPS) is 11.5. The van der Waals surface area contributed by atoms with Gasteiger partial charge in [-0.2, -0.15) is 0 Å². The van der Waals surface area contributed by atoms with Gasteiger partial charge >= 0.3 is 0 Å². The van der Waals surface area contributed by atoms with Crippen molar-refractivity contribution >= 4 is 59.4 Å². The van der Waals surface area contributed by atoms with Crippen molar-refractivity contribution in [2.75, 3.05) is 0 Å². The third-order valence-corrected chi connectivity index (χ3v) is 6.89. The molecule has 0 N–H and O–H groups in total. The van der Waals surface area contributed by atoms with Gasteiger partial charge in [0.05, 0.1) is 0 Å². The van der Waals surface area contributed by atoms with Gasteiger partial charge < -0.3 is 0 Å². The number of hydrogen-bond donors (Lipinski definition) is 0. The molecule has 0 aliphatic heterocycles. The highest BCUT2D eigenvalue weighted by molar-refractivity contribution is 9.14. The van der Waals surface area contributed by atoms with E-state index in [2.05, 4.69) is 115 Å². The molecule has 114 valence electrons. The predicted molar refractivity (Wildman–Crippen MR) is 109 cm³/mol. The van der Waals surface area contributed by atoms with Crippen LogP contribution in [0.5, 0.6) is 0 Å². The molecular weight excluding hydrogens is 480 g/mol. The van der Waals surface area contributed by atoms with E-state index in [1.165, 1.54) is 16.7 Å². The highest BCUT2D eigenvalue weighted by Gasteiger charge is 2.13. The topological polar surface area (TPSA) is 0 Å². The van der Waals surface area contributed by atoms with Crippen molar-refractivity contribution in [1.82, 2.24) is 0 Å². The quantitative estimate of drug-likeness (QED) is 0.261. The number of rotatable bonds is 3. The molecule has 0 bridgehead atoms. The highest BCUT2D eigenvalue weighted by Crippen LogP contribution is 2.39. The van der Waals surface area contributed by atoms with E-state index < -0.39 is 0 Å². The Labute approximate surface area is 161 Å². The zero-order valence-electron chi connectivity index (χ0n) is 12.1. The summed E-state index contributed by atoms with van der Waals surface area (Å²) in [7, 11) is 0. The maximum Gasteiger partial charge on any atom is 0.0465 e. The van der Waals surface area contributed by atoms with Crippen LogP contribution in [0, 0.1) is 0 Å². The van der Waals surface area contributed by atoms with Crippen LogP contribution >= 0.6 is 47.8 Å². The first-order valence-corrected chi connectivity index (χ1v) is 9.51. The van der Waals surface area contributed by atoms with Gasteiger partial charge in [-0.15, -0.1) is 0 Å². The molecule has 0 radical (unpaired) electrons. The summed E-state index contributed by atoms with van der Waals surface area (Å²) in [6, 6.07) is 25.0. The van der Waals surface area contributed by atoms with E-state index in [-0.39, 0.29) is 0 Å². The zero-order chi connectivity index (χ0) is 16.2. The van der Waals surface area contributed by atoms with E-state index in [9.17, 15) is 0 Å². The van der Waals surface area contributed by atoms with Crippen molar-refractivity contribution in [2.24, 2.45) is 0 Å². The second-order valence-electron chi connectivity index (χ2n) is 5.06. The largest absolute Gasteiger partial charge is 0.0622 e. The monoisotopic (exact) mass is 490 g/mol. The van der Waals surface area contributed by atoms with Crippen LogP contribution in [0.3, 0.4) is 0 Å². The molecule has 0 aliphatic rings. The van der Waals surface area contributed by atoms with Crippen LogP contribution in [-0.4, -0.2) is 0 Å². The fourth-order valence-corrected chi connectivity index (χ4v) is 3.89. The molecular formula is C20H13Br3. The van der Waals surface area contributed by atoms with E-state index in [1.54, 1.807) is 0 Å². The molecule has 0 aromatic heterocycles. The van der Waals surface area contributed by atoms with Crippen LogP contribution < -0.4 is 0 Å². The predicted octanol–water partition coefficient (Wildman–Crippen LogP) is 7.56. The molecule has 0 saturated heterocycles. The first-order valence-electron chi connectivity index (χ1n) is 7.13. The van der Waals surface area contributed by atoms with Gasteiger partial charge in [0, 0.05) is 13.4 Å². The second-order valence-corrected chi connectivity index (χ2v) is 7.50. The molecule has 3 heteroatoms. The fraction of sp³-hybridized carbons (Fsp3) is 0. The minimum absolute atomic E-state index is 1.02. The second kappa shape index (κ2) is 7.61. The van der Waals surface area contributed by atoms with Gasteiger partial charge in [0.1, 0.15) is 0 Å². The summed E-state index contributed by atoms with van der Waals surface area (Å²) in [5.74, 6) is 0. The summed E-state index contributed by atoms with van der Waals surface area (Å²) in [6.07, 6.45) is 2.22. The molecule has 0 unspecified atom stereocenters. The Hall–Kier alpha value is -1.16. The van der Waals surface area contributed by atoms with Gasteiger partial charge in [0.2, 0.25) is 0 Å². The molecule has 3 aromatic rings. The summed E-state index contributed by atoms with van der Waals surface area (Å²) in [5.41, 5.74) is 4.69. The van der Waals surface area contributed by atoms with Crippen molar-refractivity contribution < 1.29 is 0 Å². The SMILES string of the molecule is Brc1ccc(C(=Cc2ccccc2)c2ccccc2)c(Br)c1Br. The summed E-state index contributed by atoms with van der Waals surface area (Å²) in [6.45, 7) is 0. The molecule has 3 rings (SSSR count). The Bertz CT molecular complexity index is 838. The lowest BCUT2D eigenvalue weighted by Gasteiger charge is -2.13. The van der Waals surface area contributed by atoms with Crippen LogP contribution in [0.4, 0.5) is 0 Å². The van der Waals surface area contributed by atoms with Gasteiger partial charge in [-0.1, -0.05) is 66.7 Å². The van der Waals surface area contributed by atoms with Crippen molar-refractivity contribution in [1.29, 1.82) is 0 Å². The molecule has 23 heavy (non-hydrogen) atoms. The maximum absolute atomic E-state index is 3.72. The first-order chi connectivity index (χ1) is 11.2. The third-order valence-electron chi connectivity index (χ3n) is 3.52. The van der Waals surface area contributed by atoms with Crippen molar-refractivity contribution in [3.8, 4) is 0 Å². The van der Waals surface area contributed by atoms with Gasteiger partial charge in [-0.25, -0.2) is 0 Å². The molecule has 0 aliphatic carbocycles. The summed E-state index contributed by atoms with van der Waals surface area (Å²) in [4.78, 5) is 0. The van der Waals surface area contributed by atoms with Crippen LogP contribution in [-0.2, 0) is 0 Å². The van der Waals surface area contributed by atoms with Gasteiger partial charge in [0.25, 0.3) is 0 Å². The van der Waals surface area contributed by atoms with Crippen LogP contribution in [0.1, 0.15) is 16.7 Å². The van der Waals surface area contributed by atoms with E-state index in [4.69, 9.17) is 0 Å². The molecule has 3 aromatic carbocycles. The Kier molecular flexibility index (Phi) is 5.52. The highest BCUT2D eigenvalue weighted by atomic mass is 79.9. The Morgan fingerprint density at radius 1 is 0.652 bits per heavy atom. The van der Waals surface area contributed by atoms with E-state index in [0.717, 1.165) is 19.0 Å². The first kappa shape index (κ1) is 16.7. The lowest BCUT2D eigenvalue weighted by atomic mass is 9.96. The minimum Gasteiger partial charge on any atom is -0.0622 e. The van der Waals surface area contributed by atoms with Crippen LogP contribution in [0.15, 0.2) is 86.2 Å². The lowest BCUT2D eigenvalue weighted by Crippen LogP contribution is -1.91. The molecule has 0 heterocycles. The summed E-state index contributed by atoms with van der Waals surface area (Å²) >= 11 is 10.9. The van der Waals surface area contributed by atoms with Gasteiger partial charge in [-0.3, -0.25) is 0 Å². The summed E-state index contributed by atoms with van der Waals surface area (Å²) in [5, 5.41) is 0. The molecule has 0 amide bonds. The molecule has 0 atom stereocenters.